The molecule has 2 aromatic rings. The van der Waals surface area contributed by atoms with E-state index in [-0.39, 0.29) is 5.70 Å². The van der Waals surface area contributed by atoms with Gasteiger partial charge in [0.25, 0.3) is 5.91 Å². The monoisotopic (exact) mass is 372 g/mol. The molecule has 3 amide bonds. The minimum Gasteiger partial charge on any atom is -0.490 e. The molecule has 134 valence electrons. The Kier molecular flexibility index (Phi) is 5.43. The lowest BCUT2D eigenvalue weighted by atomic mass is 10.1. The van der Waals surface area contributed by atoms with E-state index in [4.69, 9.17) is 21.1 Å². The third-order valence-electron chi connectivity index (χ3n) is 3.59. The number of nitrogens with one attached hydrogen (secondary N) is 2. The van der Waals surface area contributed by atoms with Crippen LogP contribution in [0.25, 0.3) is 6.08 Å². The second kappa shape index (κ2) is 7.93. The molecular formula is C19H17ClN2O4. The molecule has 2 aromatic carbocycles. The molecule has 3 rings (SSSR count). The van der Waals surface area contributed by atoms with Gasteiger partial charge in [-0.15, -0.1) is 0 Å². The lowest BCUT2D eigenvalue weighted by Crippen LogP contribution is -2.22. The van der Waals surface area contributed by atoms with E-state index < -0.39 is 11.9 Å². The van der Waals surface area contributed by atoms with Gasteiger partial charge in [0, 0.05) is 0 Å². The van der Waals surface area contributed by atoms with E-state index in [1.807, 2.05) is 37.3 Å². The average Bonchev–Trinajstić information content (AvgIpc) is 2.92. The summed E-state index contributed by atoms with van der Waals surface area (Å²) in [4.78, 5) is 22.9. The van der Waals surface area contributed by atoms with Crippen LogP contribution in [0.15, 0.2) is 48.2 Å². The van der Waals surface area contributed by atoms with Gasteiger partial charge in [-0.1, -0.05) is 41.9 Å². The maximum absolute atomic E-state index is 11.7. The minimum absolute atomic E-state index is 0.145. The number of rotatable bonds is 6. The van der Waals surface area contributed by atoms with E-state index in [0.717, 1.165) is 5.56 Å². The molecule has 6 nitrogen and oxygen atoms in total. The number of carbonyl (C=O) groups excluding carboxylic acids is 2. The third-order valence-corrected chi connectivity index (χ3v) is 3.87. The highest BCUT2D eigenvalue weighted by molar-refractivity contribution is 6.32. The number of hydrogen-bond donors (Lipinski definition) is 2. The van der Waals surface area contributed by atoms with E-state index >= 15 is 0 Å². The van der Waals surface area contributed by atoms with Crippen LogP contribution in [0.5, 0.6) is 11.5 Å². The molecule has 2 N–H and O–H groups in total. The number of hydrogen-bond acceptors (Lipinski definition) is 4. The van der Waals surface area contributed by atoms with Crippen LogP contribution < -0.4 is 20.1 Å². The number of carbonyl (C=O) groups is 2. The van der Waals surface area contributed by atoms with Crippen molar-refractivity contribution < 1.29 is 19.1 Å². The summed E-state index contributed by atoms with van der Waals surface area (Å²) < 4.78 is 11.5. The summed E-state index contributed by atoms with van der Waals surface area (Å²) in [6.45, 7) is 2.62. The number of imide groups is 1. The van der Waals surface area contributed by atoms with Crippen LogP contribution in [-0.2, 0) is 11.4 Å². The molecule has 1 fully saturated rings. The quantitative estimate of drug-likeness (QED) is 0.601. The van der Waals surface area contributed by atoms with Crippen LogP contribution in [0.3, 0.4) is 0 Å². The smallest absolute Gasteiger partial charge is 0.326 e. The first-order valence-electron chi connectivity index (χ1n) is 8.04. The number of urea groups is 1. The van der Waals surface area contributed by atoms with Crippen LogP contribution in [0, 0.1) is 0 Å². The van der Waals surface area contributed by atoms with Gasteiger partial charge in [-0.05, 0) is 36.3 Å². The van der Waals surface area contributed by atoms with Crippen LogP contribution in [-0.4, -0.2) is 18.5 Å². The number of amides is 3. The van der Waals surface area contributed by atoms with Gasteiger partial charge in [-0.2, -0.15) is 0 Å². The highest BCUT2D eigenvalue weighted by Crippen LogP contribution is 2.37. The van der Waals surface area contributed by atoms with Crippen LogP contribution in [0.4, 0.5) is 4.79 Å². The summed E-state index contributed by atoms with van der Waals surface area (Å²) in [5.41, 5.74) is 1.76. The van der Waals surface area contributed by atoms with Crippen LogP contribution in [0.2, 0.25) is 5.02 Å². The second-order valence-electron chi connectivity index (χ2n) is 5.50. The van der Waals surface area contributed by atoms with Crippen molar-refractivity contribution in [3.8, 4) is 11.5 Å². The van der Waals surface area contributed by atoms with E-state index in [9.17, 15) is 9.59 Å². The predicted molar refractivity (Wildman–Crippen MR) is 98.0 cm³/mol. The summed E-state index contributed by atoms with van der Waals surface area (Å²) in [5.74, 6) is 0.403. The van der Waals surface area contributed by atoms with Gasteiger partial charge in [-0.3, -0.25) is 10.1 Å². The summed E-state index contributed by atoms with van der Waals surface area (Å²) in [5, 5.41) is 4.93. The zero-order valence-corrected chi connectivity index (χ0v) is 14.8. The van der Waals surface area contributed by atoms with Crippen LogP contribution >= 0.6 is 11.6 Å². The van der Waals surface area contributed by atoms with E-state index in [1.165, 1.54) is 6.08 Å². The van der Waals surface area contributed by atoms with Gasteiger partial charge in [0.1, 0.15) is 12.3 Å². The molecule has 0 radical (unpaired) electrons. The van der Waals surface area contributed by atoms with Crippen molar-refractivity contribution in [2.24, 2.45) is 0 Å². The maximum atomic E-state index is 11.7. The van der Waals surface area contributed by atoms with Crippen molar-refractivity contribution in [3.05, 3.63) is 64.3 Å². The Bertz CT molecular complexity index is 865. The molecule has 0 atom stereocenters. The highest BCUT2D eigenvalue weighted by Gasteiger charge is 2.23. The first kappa shape index (κ1) is 17.8. The summed E-state index contributed by atoms with van der Waals surface area (Å²) >= 11 is 6.36. The largest absolute Gasteiger partial charge is 0.490 e. The molecule has 0 saturated carbocycles. The molecule has 26 heavy (non-hydrogen) atoms. The standard InChI is InChI=1S/C19H17ClN2O4/c1-2-25-16-10-13(9-15-18(23)22-19(24)21-15)8-14(20)17(16)26-11-12-6-4-3-5-7-12/h3-10H,2,11H2,1H3,(H2,21,22,23,24)/b15-9+. The summed E-state index contributed by atoms with van der Waals surface area (Å²) in [6, 6.07) is 12.5. The van der Waals surface area contributed by atoms with E-state index in [0.29, 0.717) is 35.3 Å². The van der Waals surface area contributed by atoms with Gasteiger partial charge in [-0.25, -0.2) is 4.79 Å². The highest BCUT2D eigenvalue weighted by atomic mass is 35.5. The molecule has 1 saturated heterocycles. The molecule has 7 heteroatoms. The molecule has 0 aliphatic carbocycles. The first-order valence-corrected chi connectivity index (χ1v) is 8.41. The summed E-state index contributed by atoms with van der Waals surface area (Å²) in [6.07, 6.45) is 1.52. The Balaban J connectivity index is 1.87. The molecular weight excluding hydrogens is 356 g/mol. The molecule has 0 spiro atoms. The molecule has 0 aromatic heterocycles. The van der Waals surface area contributed by atoms with Crippen molar-refractivity contribution in [1.29, 1.82) is 0 Å². The van der Waals surface area contributed by atoms with Crippen molar-refractivity contribution in [3.63, 3.8) is 0 Å². The van der Waals surface area contributed by atoms with Crippen molar-refractivity contribution in [1.82, 2.24) is 10.6 Å². The lowest BCUT2D eigenvalue weighted by molar-refractivity contribution is -0.115. The predicted octanol–water partition coefficient (Wildman–Crippen LogP) is 3.50. The molecule has 1 heterocycles. The fraction of sp³-hybridized carbons (Fsp3) is 0.158. The van der Waals surface area contributed by atoms with Gasteiger partial charge >= 0.3 is 6.03 Å². The van der Waals surface area contributed by atoms with E-state index in [1.54, 1.807) is 12.1 Å². The van der Waals surface area contributed by atoms with Crippen LogP contribution in [0.1, 0.15) is 18.1 Å². The zero-order chi connectivity index (χ0) is 18.5. The molecule has 0 bridgehead atoms. The Morgan fingerprint density at radius 3 is 2.50 bits per heavy atom. The maximum Gasteiger partial charge on any atom is 0.326 e. The second-order valence-corrected chi connectivity index (χ2v) is 5.91. The Labute approximate surface area is 155 Å². The van der Waals surface area contributed by atoms with Crippen molar-refractivity contribution >= 4 is 29.6 Å². The average molecular weight is 373 g/mol. The Morgan fingerprint density at radius 1 is 1.08 bits per heavy atom. The summed E-state index contributed by atoms with van der Waals surface area (Å²) in [7, 11) is 0. The fourth-order valence-electron chi connectivity index (χ4n) is 2.45. The first-order chi connectivity index (χ1) is 12.6. The number of ether oxygens (including phenoxy) is 2. The van der Waals surface area contributed by atoms with Crippen molar-refractivity contribution in [2.75, 3.05) is 6.61 Å². The van der Waals surface area contributed by atoms with Gasteiger partial charge in [0.05, 0.1) is 11.6 Å². The zero-order valence-electron chi connectivity index (χ0n) is 14.0. The Hall–Kier alpha value is -2.99. The van der Waals surface area contributed by atoms with Gasteiger partial charge in [0.15, 0.2) is 11.5 Å². The van der Waals surface area contributed by atoms with Gasteiger partial charge in [0.2, 0.25) is 0 Å². The lowest BCUT2D eigenvalue weighted by Gasteiger charge is -2.14. The number of halogens is 1. The van der Waals surface area contributed by atoms with E-state index in [2.05, 4.69) is 10.6 Å². The third kappa shape index (κ3) is 4.15. The molecule has 0 unspecified atom stereocenters. The number of benzene rings is 2. The Morgan fingerprint density at radius 2 is 1.85 bits per heavy atom. The molecule has 1 aliphatic heterocycles. The SMILES string of the molecule is CCOc1cc(/C=C2/NC(=O)NC2=O)cc(Cl)c1OCc1ccccc1. The van der Waals surface area contributed by atoms with Gasteiger partial charge < -0.3 is 14.8 Å². The molecule has 1 aliphatic rings. The fourth-order valence-corrected chi connectivity index (χ4v) is 2.73. The van der Waals surface area contributed by atoms with Crippen molar-refractivity contribution in [2.45, 2.75) is 13.5 Å². The minimum atomic E-state index is -0.555. The topological polar surface area (TPSA) is 76.7 Å². The normalized spacial score (nSPS) is 14.9.